The molecule has 0 saturated heterocycles. The number of hydrogen-bond donors (Lipinski definition) is 0. The largest absolute Gasteiger partial charge is 2.00 e. The SMILES string of the molecule is Cc1[c-]c(Br)c(C)s1.[H-].[Mg+2]. The first-order valence-corrected chi connectivity index (χ1v) is 3.96. The maximum Gasteiger partial charge on any atom is 2.00 e. The van der Waals surface area contributed by atoms with Crippen molar-refractivity contribution in [2.75, 3.05) is 0 Å². The van der Waals surface area contributed by atoms with E-state index >= 15 is 0 Å². The van der Waals surface area contributed by atoms with Gasteiger partial charge in [-0.1, -0.05) is 22.9 Å². The molecule has 0 aliphatic carbocycles. The van der Waals surface area contributed by atoms with Crippen LogP contribution >= 0.6 is 27.3 Å². The van der Waals surface area contributed by atoms with E-state index in [1.54, 1.807) is 11.3 Å². The van der Waals surface area contributed by atoms with Crippen LogP contribution in [-0.2, 0) is 0 Å². The zero-order valence-corrected chi connectivity index (χ0v) is 9.31. The molecule has 0 saturated carbocycles. The normalized spacial score (nSPS) is 8.78. The fourth-order valence-corrected chi connectivity index (χ4v) is 1.97. The maximum absolute atomic E-state index is 3.37. The van der Waals surface area contributed by atoms with E-state index in [1.165, 1.54) is 9.75 Å². The standard InChI is InChI=1S/C6H6BrS.Mg.H/c1-4-3-6(7)5(2)8-4;;/h1-2H3;;/q-1;+2;-1. The van der Waals surface area contributed by atoms with Crippen LogP contribution in [0.15, 0.2) is 4.47 Å². The van der Waals surface area contributed by atoms with Crippen LogP contribution < -0.4 is 0 Å². The fourth-order valence-electron chi connectivity index (χ4n) is 0.543. The average Bonchev–Trinajstić information content (AvgIpc) is 1.85. The van der Waals surface area contributed by atoms with Gasteiger partial charge in [0, 0.05) is 0 Å². The van der Waals surface area contributed by atoms with Crippen molar-refractivity contribution in [1.29, 1.82) is 0 Å². The summed E-state index contributed by atoms with van der Waals surface area (Å²) in [7, 11) is 0. The van der Waals surface area contributed by atoms with Gasteiger partial charge in [-0.2, -0.15) is 0 Å². The molecule has 0 amide bonds. The van der Waals surface area contributed by atoms with Crippen molar-refractivity contribution < 1.29 is 1.43 Å². The summed E-state index contributed by atoms with van der Waals surface area (Å²) in [4.78, 5) is 2.55. The van der Waals surface area contributed by atoms with Crippen molar-refractivity contribution in [3.05, 3.63) is 20.3 Å². The van der Waals surface area contributed by atoms with Crippen LogP contribution in [-0.4, -0.2) is 23.1 Å². The van der Waals surface area contributed by atoms with Crippen molar-refractivity contribution in [3.63, 3.8) is 0 Å². The minimum Gasteiger partial charge on any atom is -1.00 e. The Labute approximate surface area is 85.4 Å². The zero-order valence-electron chi connectivity index (χ0n) is 6.49. The van der Waals surface area contributed by atoms with Crippen LogP contribution in [0.4, 0.5) is 0 Å². The second-order valence-electron chi connectivity index (χ2n) is 1.65. The minimum absolute atomic E-state index is 0. The molecule has 0 aromatic carbocycles. The molecule has 9 heavy (non-hydrogen) atoms. The molecule has 0 bridgehead atoms. The van der Waals surface area contributed by atoms with Gasteiger partial charge in [0.25, 0.3) is 0 Å². The summed E-state index contributed by atoms with van der Waals surface area (Å²) in [5.74, 6) is 0. The average molecular weight is 215 g/mol. The van der Waals surface area contributed by atoms with Crippen molar-refractivity contribution in [2.24, 2.45) is 0 Å². The molecule has 1 aromatic rings. The van der Waals surface area contributed by atoms with Crippen molar-refractivity contribution >= 4 is 50.3 Å². The number of rotatable bonds is 0. The van der Waals surface area contributed by atoms with Crippen LogP contribution in [0.5, 0.6) is 0 Å². The zero-order chi connectivity index (χ0) is 6.15. The molecule has 0 aliphatic rings. The van der Waals surface area contributed by atoms with Crippen LogP contribution in [0, 0.1) is 19.9 Å². The van der Waals surface area contributed by atoms with Crippen molar-refractivity contribution in [2.45, 2.75) is 13.8 Å². The van der Waals surface area contributed by atoms with Gasteiger partial charge < -0.3 is 1.43 Å². The summed E-state index contributed by atoms with van der Waals surface area (Å²) >= 11 is 5.14. The maximum atomic E-state index is 3.37. The van der Waals surface area contributed by atoms with E-state index in [-0.39, 0.29) is 24.5 Å². The Morgan fingerprint density at radius 2 is 2.11 bits per heavy atom. The molecule has 1 rings (SSSR count). The second-order valence-corrected chi connectivity index (χ2v) is 3.88. The Bertz CT molecular complexity index is 180. The Balaban J connectivity index is 0. The van der Waals surface area contributed by atoms with Gasteiger partial charge in [-0.05, 0) is 6.92 Å². The van der Waals surface area contributed by atoms with Crippen LogP contribution in [0.1, 0.15) is 11.2 Å². The van der Waals surface area contributed by atoms with Crippen molar-refractivity contribution in [1.82, 2.24) is 0 Å². The summed E-state index contributed by atoms with van der Waals surface area (Å²) in [6, 6.07) is 3.14. The van der Waals surface area contributed by atoms with E-state index in [2.05, 4.69) is 35.8 Å². The molecule has 0 nitrogen and oxygen atoms in total. The number of halogens is 1. The van der Waals surface area contributed by atoms with E-state index in [9.17, 15) is 0 Å². The molecule has 0 fully saturated rings. The number of thiophene rings is 1. The summed E-state index contributed by atoms with van der Waals surface area (Å²) in [5, 5.41) is 0. The van der Waals surface area contributed by atoms with Gasteiger partial charge in [0.2, 0.25) is 0 Å². The van der Waals surface area contributed by atoms with E-state index in [1.807, 2.05) is 0 Å². The summed E-state index contributed by atoms with van der Waals surface area (Å²) in [6.07, 6.45) is 0. The molecule has 1 heterocycles. The topological polar surface area (TPSA) is 0 Å². The van der Waals surface area contributed by atoms with Gasteiger partial charge in [0.15, 0.2) is 0 Å². The van der Waals surface area contributed by atoms with E-state index < -0.39 is 0 Å². The first-order chi connectivity index (χ1) is 3.70. The van der Waals surface area contributed by atoms with Crippen molar-refractivity contribution in [3.8, 4) is 0 Å². The third-order valence-corrected chi connectivity index (χ3v) is 2.88. The van der Waals surface area contributed by atoms with Gasteiger partial charge in [0.1, 0.15) is 0 Å². The smallest absolute Gasteiger partial charge is 1.00 e. The van der Waals surface area contributed by atoms with E-state index in [4.69, 9.17) is 0 Å². The van der Waals surface area contributed by atoms with Gasteiger partial charge in [-0.3, -0.25) is 11.3 Å². The minimum atomic E-state index is 0. The fraction of sp³-hybridized carbons (Fsp3) is 0.333. The molecular weight excluding hydrogens is 208 g/mol. The predicted octanol–water partition coefficient (Wildman–Crippen LogP) is 2.66. The molecule has 0 atom stereocenters. The summed E-state index contributed by atoms with van der Waals surface area (Å²) in [6.45, 7) is 4.14. The molecule has 0 radical (unpaired) electrons. The Morgan fingerprint density at radius 1 is 1.56 bits per heavy atom. The quantitative estimate of drug-likeness (QED) is 0.461. The second kappa shape index (κ2) is 3.96. The number of aryl methyl sites for hydroxylation is 2. The van der Waals surface area contributed by atoms with Gasteiger partial charge in [0.05, 0.1) is 0 Å². The Kier molecular flexibility index (Phi) is 4.37. The van der Waals surface area contributed by atoms with E-state index in [0.717, 1.165) is 4.47 Å². The first kappa shape index (κ1) is 9.95. The molecule has 0 spiro atoms. The molecule has 0 N–H and O–H groups in total. The Morgan fingerprint density at radius 3 is 2.22 bits per heavy atom. The predicted molar refractivity (Wildman–Crippen MR) is 47.2 cm³/mol. The Hall–Kier alpha value is 0.946. The molecule has 0 unspecified atom stereocenters. The molecule has 1 aromatic heterocycles. The third-order valence-electron chi connectivity index (χ3n) is 0.901. The molecule has 0 aliphatic heterocycles. The summed E-state index contributed by atoms with van der Waals surface area (Å²) in [5.41, 5.74) is 0. The van der Waals surface area contributed by atoms with Gasteiger partial charge in [-0.25, -0.2) is 6.07 Å². The van der Waals surface area contributed by atoms with Gasteiger partial charge in [-0.15, -0.1) is 14.2 Å². The van der Waals surface area contributed by atoms with Gasteiger partial charge >= 0.3 is 23.1 Å². The van der Waals surface area contributed by atoms with E-state index in [0.29, 0.717) is 0 Å². The van der Waals surface area contributed by atoms with Crippen LogP contribution in [0.2, 0.25) is 0 Å². The third kappa shape index (κ3) is 2.58. The molecular formula is C6H7BrMgS. The summed E-state index contributed by atoms with van der Waals surface area (Å²) < 4.78 is 1.11. The molecule has 3 heteroatoms. The first-order valence-electron chi connectivity index (χ1n) is 2.35. The van der Waals surface area contributed by atoms with Crippen LogP contribution in [0.25, 0.3) is 0 Å². The van der Waals surface area contributed by atoms with Crippen LogP contribution in [0.3, 0.4) is 0 Å². The molecule has 46 valence electrons. The number of hydrogen-bond acceptors (Lipinski definition) is 1. The monoisotopic (exact) mass is 214 g/mol.